The van der Waals surface area contributed by atoms with Crippen LogP contribution in [0.1, 0.15) is 51.5 Å². The quantitative estimate of drug-likeness (QED) is 0.673. The molecule has 1 heterocycles. The van der Waals surface area contributed by atoms with Crippen molar-refractivity contribution >= 4 is 0 Å². The first-order chi connectivity index (χ1) is 9.80. The minimum atomic E-state index is 0.824. The van der Waals surface area contributed by atoms with Gasteiger partial charge in [0.2, 0.25) is 0 Å². The van der Waals surface area contributed by atoms with Crippen molar-refractivity contribution in [1.82, 2.24) is 9.88 Å². The van der Waals surface area contributed by atoms with Gasteiger partial charge in [0, 0.05) is 18.9 Å². The van der Waals surface area contributed by atoms with Gasteiger partial charge in [-0.2, -0.15) is 0 Å². The van der Waals surface area contributed by atoms with Crippen LogP contribution in [-0.2, 0) is 6.54 Å². The van der Waals surface area contributed by atoms with E-state index in [2.05, 4.69) is 35.9 Å². The molecule has 0 aliphatic heterocycles. The summed E-state index contributed by atoms with van der Waals surface area (Å²) >= 11 is 0. The molecule has 1 rings (SSSR count). The maximum atomic E-state index is 5.70. The summed E-state index contributed by atoms with van der Waals surface area (Å²) in [6.07, 6.45) is 10.1. The van der Waals surface area contributed by atoms with Crippen LogP contribution in [0.15, 0.2) is 24.5 Å². The fourth-order valence-electron chi connectivity index (χ4n) is 2.78. The van der Waals surface area contributed by atoms with Crippen LogP contribution >= 0.6 is 0 Å². The molecule has 0 bridgehead atoms. The van der Waals surface area contributed by atoms with Gasteiger partial charge >= 0.3 is 0 Å². The number of hydrogen-bond acceptors (Lipinski definition) is 3. The molecule has 1 unspecified atom stereocenters. The molecule has 0 aromatic carbocycles. The van der Waals surface area contributed by atoms with Gasteiger partial charge in [-0.1, -0.05) is 26.7 Å². The van der Waals surface area contributed by atoms with E-state index in [1.165, 1.54) is 44.2 Å². The Balaban J connectivity index is 2.30. The van der Waals surface area contributed by atoms with E-state index in [4.69, 9.17) is 5.73 Å². The minimum absolute atomic E-state index is 0.824. The Morgan fingerprint density at radius 3 is 2.50 bits per heavy atom. The second-order valence-corrected chi connectivity index (χ2v) is 5.60. The highest BCUT2D eigenvalue weighted by molar-refractivity contribution is 5.09. The van der Waals surface area contributed by atoms with Crippen molar-refractivity contribution in [1.29, 1.82) is 0 Å². The highest BCUT2D eigenvalue weighted by atomic mass is 15.1. The first-order valence-electron chi connectivity index (χ1n) is 8.11. The van der Waals surface area contributed by atoms with Gasteiger partial charge in [-0.25, -0.2) is 0 Å². The Labute approximate surface area is 124 Å². The van der Waals surface area contributed by atoms with Crippen LogP contribution in [0.2, 0.25) is 0 Å². The third kappa shape index (κ3) is 7.01. The summed E-state index contributed by atoms with van der Waals surface area (Å²) in [5, 5.41) is 0. The molecule has 3 nitrogen and oxygen atoms in total. The molecule has 0 saturated heterocycles. The summed E-state index contributed by atoms with van der Waals surface area (Å²) in [6, 6.07) is 4.22. The predicted molar refractivity (Wildman–Crippen MR) is 86.5 cm³/mol. The second-order valence-electron chi connectivity index (χ2n) is 5.60. The molecule has 1 aromatic rings. The van der Waals surface area contributed by atoms with Gasteiger partial charge in [0.15, 0.2) is 0 Å². The molecule has 0 radical (unpaired) electrons. The topological polar surface area (TPSA) is 42.1 Å². The number of nitrogens with zero attached hydrogens (tertiary/aromatic N) is 2. The Kier molecular flexibility index (Phi) is 9.25. The fourth-order valence-corrected chi connectivity index (χ4v) is 2.78. The summed E-state index contributed by atoms with van der Waals surface area (Å²) in [7, 11) is 0. The average molecular weight is 277 g/mol. The summed E-state index contributed by atoms with van der Waals surface area (Å²) in [5.41, 5.74) is 7.06. The molecule has 3 heteroatoms. The van der Waals surface area contributed by atoms with Crippen molar-refractivity contribution < 1.29 is 0 Å². The SMILES string of the molecule is CCCC(CCN)CCCN(CC)Cc1ccncc1. The van der Waals surface area contributed by atoms with E-state index in [9.17, 15) is 0 Å². The van der Waals surface area contributed by atoms with Crippen LogP contribution in [0.5, 0.6) is 0 Å². The average Bonchev–Trinajstić information content (AvgIpc) is 2.47. The highest BCUT2D eigenvalue weighted by Gasteiger charge is 2.09. The molecular weight excluding hydrogens is 246 g/mol. The lowest BCUT2D eigenvalue weighted by Crippen LogP contribution is -2.24. The van der Waals surface area contributed by atoms with Gasteiger partial charge < -0.3 is 5.73 Å². The van der Waals surface area contributed by atoms with Gasteiger partial charge in [-0.3, -0.25) is 9.88 Å². The minimum Gasteiger partial charge on any atom is -0.330 e. The Bertz CT molecular complexity index is 320. The summed E-state index contributed by atoms with van der Waals surface area (Å²) in [6.45, 7) is 8.67. The first-order valence-corrected chi connectivity index (χ1v) is 8.11. The molecule has 2 N–H and O–H groups in total. The van der Waals surface area contributed by atoms with Crippen LogP contribution in [-0.4, -0.2) is 29.5 Å². The lowest BCUT2D eigenvalue weighted by Gasteiger charge is -2.22. The third-order valence-electron chi connectivity index (χ3n) is 3.96. The van der Waals surface area contributed by atoms with E-state index in [-0.39, 0.29) is 0 Å². The normalized spacial score (nSPS) is 12.8. The zero-order valence-corrected chi connectivity index (χ0v) is 13.2. The van der Waals surface area contributed by atoms with Crippen LogP contribution in [0.3, 0.4) is 0 Å². The maximum absolute atomic E-state index is 5.70. The lowest BCUT2D eigenvalue weighted by molar-refractivity contribution is 0.261. The second kappa shape index (κ2) is 10.8. The van der Waals surface area contributed by atoms with Gasteiger partial charge in [0.1, 0.15) is 0 Å². The van der Waals surface area contributed by atoms with Crippen molar-refractivity contribution in [3.63, 3.8) is 0 Å². The Morgan fingerprint density at radius 1 is 1.15 bits per heavy atom. The Hall–Kier alpha value is -0.930. The molecule has 0 aliphatic carbocycles. The first kappa shape index (κ1) is 17.1. The monoisotopic (exact) mass is 277 g/mol. The predicted octanol–water partition coefficient (Wildman–Crippen LogP) is 3.45. The largest absolute Gasteiger partial charge is 0.330 e. The molecule has 1 aromatic heterocycles. The van der Waals surface area contributed by atoms with Gasteiger partial charge in [0.25, 0.3) is 0 Å². The van der Waals surface area contributed by atoms with E-state index in [0.29, 0.717) is 0 Å². The molecule has 0 spiro atoms. The van der Waals surface area contributed by atoms with E-state index >= 15 is 0 Å². The standard InChI is InChI=1S/C17H31N3/c1-3-6-16(8-11-18)7-5-14-20(4-2)15-17-9-12-19-13-10-17/h9-10,12-13,16H,3-8,11,14-15,18H2,1-2H3. The fraction of sp³-hybridized carbons (Fsp3) is 0.706. The zero-order chi connectivity index (χ0) is 14.6. The zero-order valence-electron chi connectivity index (χ0n) is 13.2. The molecular formula is C17H31N3. The maximum Gasteiger partial charge on any atom is 0.0271 e. The van der Waals surface area contributed by atoms with Crippen LogP contribution in [0, 0.1) is 5.92 Å². The molecule has 1 atom stereocenters. The van der Waals surface area contributed by atoms with E-state index < -0.39 is 0 Å². The number of aromatic nitrogens is 1. The number of hydrogen-bond donors (Lipinski definition) is 1. The van der Waals surface area contributed by atoms with Gasteiger partial charge in [0.05, 0.1) is 0 Å². The smallest absolute Gasteiger partial charge is 0.0271 e. The van der Waals surface area contributed by atoms with Gasteiger partial charge in [-0.15, -0.1) is 0 Å². The number of nitrogens with two attached hydrogens (primary N) is 1. The Morgan fingerprint density at radius 2 is 1.90 bits per heavy atom. The molecule has 0 aliphatic rings. The molecule has 114 valence electrons. The van der Waals surface area contributed by atoms with Crippen molar-refractivity contribution in [2.24, 2.45) is 11.7 Å². The van der Waals surface area contributed by atoms with Crippen LogP contribution in [0.25, 0.3) is 0 Å². The number of pyridine rings is 1. The van der Waals surface area contributed by atoms with Gasteiger partial charge in [-0.05, 0) is 62.5 Å². The summed E-state index contributed by atoms with van der Waals surface area (Å²) in [5.74, 6) is 0.824. The van der Waals surface area contributed by atoms with E-state index in [0.717, 1.165) is 25.6 Å². The van der Waals surface area contributed by atoms with Crippen molar-refractivity contribution in [3.8, 4) is 0 Å². The lowest BCUT2D eigenvalue weighted by atomic mass is 9.94. The van der Waals surface area contributed by atoms with Crippen molar-refractivity contribution in [3.05, 3.63) is 30.1 Å². The molecule has 0 fully saturated rings. The summed E-state index contributed by atoms with van der Waals surface area (Å²) in [4.78, 5) is 6.59. The molecule has 0 amide bonds. The number of rotatable bonds is 11. The highest BCUT2D eigenvalue weighted by Crippen LogP contribution is 2.17. The molecule has 20 heavy (non-hydrogen) atoms. The van der Waals surface area contributed by atoms with Crippen LogP contribution < -0.4 is 5.73 Å². The third-order valence-corrected chi connectivity index (χ3v) is 3.96. The summed E-state index contributed by atoms with van der Waals surface area (Å²) < 4.78 is 0. The van der Waals surface area contributed by atoms with Crippen LogP contribution in [0.4, 0.5) is 0 Å². The van der Waals surface area contributed by atoms with E-state index in [1.54, 1.807) is 0 Å². The van der Waals surface area contributed by atoms with E-state index in [1.807, 2.05) is 12.4 Å². The van der Waals surface area contributed by atoms with Crippen molar-refractivity contribution in [2.75, 3.05) is 19.6 Å². The van der Waals surface area contributed by atoms with Crippen molar-refractivity contribution in [2.45, 2.75) is 52.5 Å². The molecule has 0 saturated carbocycles.